The van der Waals surface area contributed by atoms with Gasteiger partial charge in [-0.1, -0.05) is 0 Å². The lowest BCUT2D eigenvalue weighted by Crippen LogP contribution is -1.94. The minimum atomic E-state index is -1.04. The Morgan fingerprint density at radius 1 is 1.25 bits per heavy atom. The molecule has 0 bridgehead atoms. The van der Waals surface area contributed by atoms with Gasteiger partial charge in [0, 0.05) is 6.07 Å². The summed E-state index contributed by atoms with van der Waals surface area (Å²) in [6.45, 7) is 0. The van der Waals surface area contributed by atoms with E-state index in [1.54, 1.807) is 6.07 Å². The Hall–Kier alpha value is -3.16. The Bertz CT molecular complexity index is 833. The zero-order valence-electron chi connectivity index (χ0n) is 9.95. The van der Waals surface area contributed by atoms with Crippen molar-refractivity contribution in [1.29, 1.82) is 0 Å². The average Bonchev–Trinajstić information content (AvgIpc) is 3.04. The molecule has 2 heterocycles. The predicted molar refractivity (Wildman–Crippen MR) is 69.5 cm³/mol. The lowest BCUT2D eigenvalue weighted by molar-refractivity contribution is -0.389. The number of hydrogen-bond acceptors (Lipinski definition) is 4. The van der Waals surface area contributed by atoms with E-state index in [1.165, 1.54) is 24.3 Å². The number of nitrogens with one attached hydrogen (secondary N) is 2. The largest absolute Gasteiger partial charge is 0.478 e. The fourth-order valence-corrected chi connectivity index (χ4v) is 1.89. The van der Waals surface area contributed by atoms with E-state index in [2.05, 4.69) is 15.0 Å². The minimum absolute atomic E-state index is 0.132. The second-order valence-corrected chi connectivity index (χ2v) is 4.14. The Morgan fingerprint density at radius 3 is 2.70 bits per heavy atom. The van der Waals surface area contributed by atoms with Gasteiger partial charge in [0.15, 0.2) is 11.5 Å². The number of nitrogens with zero attached hydrogens (tertiary/aromatic N) is 2. The molecule has 0 saturated heterocycles. The van der Waals surface area contributed by atoms with Crippen LogP contribution in [0.2, 0.25) is 0 Å². The Balaban J connectivity index is 2.07. The SMILES string of the molecule is O=C(O)c1ccc2[nH]c(-c3ccc([N+](=O)[O-])[nH]3)nc2c1. The lowest BCUT2D eigenvalue weighted by Gasteiger charge is -1.92. The van der Waals surface area contributed by atoms with Crippen molar-refractivity contribution < 1.29 is 14.8 Å². The van der Waals surface area contributed by atoms with Crippen molar-refractivity contribution in [2.75, 3.05) is 0 Å². The Labute approximate surface area is 111 Å². The molecule has 2 aromatic heterocycles. The first-order chi connectivity index (χ1) is 9.54. The number of hydrogen-bond donors (Lipinski definition) is 3. The first-order valence-corrected chi connectivity index (χ1v) is 5.61. The number of H-pyrrole nitrogens is 2. The fourth-order valence-electron chi connectivity index (χ4n) is 1.89. The summed E-state index contributed by atoms with van der Waals surface area (Å²) in [4.78, 5) is 30.8. The van der Waals surface area contributed by atoms with Crippen molar-refractivity contribution in [2.24, 2.45) is 0 Å². The molecule has 0 aliphatic carbocycles. The number of carbonyl (C=O) groups is 1. The van der Waals surface area contributed by atoms with Crippen LogP contribution in [-0.4, -0.2) is 31.0 Å². The van der Waals surface area contributed by atoms with Gasteiger partial charge in [0.2, 0.25) is 0 Å². The van der Waals surface area contributed by atoms with Gasteiger partial charge < -0.3 is 20.2 Å². The van der Waals surface area contributed by atoms with Crippen molar-refractivity contribution in [3.8, 4) is 11.5 Å². The number of benzene rings is 1. The van der Waals surface area contributed by atoms with E-state index in [4.69, 9.17) is 5.11 Å². The maximum absolute atomic E-state index is 10.9. The molecule has 20 heavy (non-hydrogen) atoms. The quantitative estimate of drug-likeness (QED) is 0.497. The zero-order valence-corrected chi connectivity index (χ0v) is 9.95. The number of rotatable bonds is 3. The van der Waals surface area contributed by atoms with Crippen molar-refractivity contribution in [3.05, 3.63) is 46.0 Å². The summed E-state index contributed by atoms with van der Waals surface area (Å²) >= 11 is 0. The minimum Gasteiger partial charge on any atom is -0.478 e. The number of imidazole rings is 1. The molecule has 0 aliphatic heterocycles. The number of carboxylic acid groups (broad SMARTS) is 1. The van der Waals surface area contributed by atoms with E-state index >= 15 is 0 Å². The van der Waals surface area contributed by atoms with Crippen LogP contribution >= 0.6 is 0 Å². The summed E-state index contributed by atoms with van der Waals surface area (Å²) in [5, 5.41) is 19.5. The van der Waals surface area contributed by atoms with Crippen LogP contribution in [0.3, 0.4) is 0 Å². The molecule has 0 atom stereocenters. The summed E-state index contributed by atoms with van der Waals surface area (Å²) < 4.78 is 0. The van der Waals surface area contributed by atoms with Crippen molar-refractivity contribution in [2.45, 2.75) is 0 Å². The van der Waals surface area contributed by atoms with Gasteiger partial charge in [-0.2, -0.15) is 0 Å². The van der Waals surface area contributed by atoms with Crippen LogP contribution in [0.1, 0.15) is 10.4 Å². The van der Waals surface area contributed by atoms with Crippen molar-refractivity contribution >= 4 is 22.8 Å². The zero-order chi connectivity index (χ0) is 14.3. The summed E-state index contributed by atoms with van der Waals surface area (Å²) in [6.07, 6.45) is 0. The van der Waals surface area contributed by atoms with Crippen molar-refractivity contribution in [3.63, 3.8) is 0 Å². The molecule has 0 amide bonds. The molecule has 8 heteroatoms. The van der Waals surface area contributed by atoms with Gasteiger partial charge in [-0.05, 0) is 29.2 Å². The van der Waals surface area contributed by atoms with E-state index in [0.717, 1.165) is 0 Å². The highest BCUT2D eigenvalue weighted by molar-refractivity contribution is 5.92. The molecule has 0 fully saturated rings. The summed E-state index contributed by atoms with van der Waals surface area (Å²) in [6, 6.07) is 7.38. The predicted octanol–water partition coefficient (Wildman–Crippen LogP) is 2.16. The van der Waals surface area contributed by atoms with Gasteiger partial charge >= 0.3 is 11.8 Å². The molecule has 8 nitrogen and oxygen atoms in total. The van der Waals surface area contributed by atoms with Crippen LogP contribution in [0.25, 0.3) is 22.6 Å². The normalized spacial score (nSPS) is 10.8. The summed E-state index contributed by atoms with van der Waals surface area (Å²) in [5.74, 6) is -0.755. The standard InChI is InChI=1S/C12H8N4O4/c17-12(18)6-1-2-7-9(5-6)15-11(14-7)8-3-4-10(13-8)16(19)20/h1-5,13H,(H,14,15)(H,17,18). The summed E-state index contributed by atoms with van der Waals surface area (Å²) in [5.41, 5.74) is 1.73. The van der Waals surface area contributed by atoms with Gasteiger partial charge in [-0.25, -0.2) is 14.8 Å². The van der Waals surface area contributed by atoms with Crippen LogP contribution in [0.15, 0.2) is 30.3 Å². The summed E-state index contributed by atoms with van der Waals surface area (Å²) in [7, 11) is 0. The van der Waals surface area contributed by atoms with Crippen LogP contribution in [-0.2, 0) is 0 Å². The second kappa shape index (κ2) is 4.19. The monoisotopic (exact) mass is 272 g/mol. The second-order valence-electron chi connectivity index (χ2n) is 4.14. The molecule has 3 rings (SSSR count). The molecular formula is C12H8N4O4. The maximum atomic E-state index is 10.9. The van der Waals surface area contributed by atoms with Crippen LogP contribution in [0, 0.1) is 10.1 Å². The highest BCUT2D eigenvalue weighted by Crippen LogP contribution is 2.22. The maximum Gasteiger partial charge on any atom is 0.335 e. The number of aromatic carboxylic acids is 1. The highest BCUT2D eigenvalue weighted by Gasteiger charge is 2.14. The number of fused-ring (bicyclic) bond motifs is 1. The molecular weight excluding hydrogens is 264 g/mol. The molecule has 0 unspecified atom stereocenters. The molecule has 0 saturated carbocycles. The first kappa shape index (κ1) is 11.9. The molecule has 0 aliphatic rings. The third-order valence-electron chi connectivity index (χ3n) is 2.85. The topological polar surface area (TPSA) is 125 Å². The van der Waals surface area contributed by atoms with E-state index in [0.29, 0.717) is 22.6 Å². The molecule has 0 radical (unpaired) electrons. The number of aromatic nitrogens is 3. The smallest absolute Gasteiger partial charge is 0.335 e. The third-order valence-corrected chi connectivity index (χ3v) is 2.85. The van der Waals surface area contributed by atoms with Crippen LogP contribution in [0.4, 0.5) is 5.82 Å². The molecule has 100 valence electrons. The van der Waals surface area contributed by atoms with Gasteiger partial charge in [0.1, 0.15) is 0 Å². The number of nitro groups is 1. The van der Waals surface area contributed by atoms with Gasteiger partial charge in [-0.3, -0.25) is 0 Å². The third kappa shape index (κ3) is 1.88. The molecule has 0 spiro atoms. The molecule has 1 aromatic carbocycles. The van der Waals surface area contributed by atoms with E-state index < -0.39 is 10.9 Å². The number of carboxylic acids is 1. The van der Waals surface area contributed by atoms with Crippen LogP contribution in [0.5, 0.6) is 0 Å². The molecule has 3 aromatic rings. The number of aromatic amines is 2. The van der Waals surface area contributed by atoms with E-state index in [-0.39, 0.29) is 11.4 Å². The molecule has 3 N–H and O–H groups in total. The van der Waals surface area contributed by atoms with E-state index in [1.807, 2.05) is 0 Å². The van der Waals surface area contributed by atoms with Crippen molar-refractivity contribution in [1.82, 2.24) is 15.0 Å². The highest BCUT2D eigenvalue weighted by atomic mass is 16.6. The van der Waals surface area contributed by atoms with Gasteiger partial charge in [-0.15, -0.1) is 0 Å². The lowest BCUT2D eigenvalue weighted by atomic mass is 10.2. The van der Waals surface area contributed by atoms with E-state index in [9.17, 15) is 14.9 Å². The Morgan fingerprint density at radius 2 is 2.05 bits per heavy atom. The van der Waals surface area contributed by atoms with Gasteiger partial charge in [0.25, 0.3) is 0 Å². The fraction of sp³-hybridized carbons (Fsp3) is 0. The van der Waals surface area contributed by atoms with Gasteiger partial charge in [0.05, 0.1) is 16.6 Å². The first-order valence-electron chi connectivity index (χ1n) is 5.61. The van der Waals surface area contributed by atoms with Crippen LogP contribution < -0.4 is 0 Å². The average molecular weight is 272 g/mol. The Kier molecular flexibility index (Phi) is 2.50.